The number of fused-ring (bicyclic) bond motifs is 2. The summed E-state index contributed by atoms with van der Waals surface area (Å²) in [4.78, 5) is 0. The van der Waals surface area contributed by atoms with E-state index >= 15 is 0 Å². The van der Waals surface area contributed by atoms with Crippen molar-refractivity contribution < 1.29 is 20.8 Å². The van der Waals surface area contributed by atoms with Crippen LogP contribution in [0.1, 0.15) is 44.4 Å². The van der Waals surface area contributed by atoms with Crippen molar-refractivity contribution in [3.05, 3.63) is 50.0 Å². The molecule has 1 heterocycles. The zero-order chi connectivity index (χ0) is 20.5. The van der Waals surface area contributed by atoms with Crippen LogP contribution in [0.5, 0.6) is 0 Å². The minimum atomic E-state index is -0.826. The quantitative estimate of drug-likeness (QED) is 0.224. The second-order valence-electron chi connectivity index (χ2n) is 6.89. The SMILES string of the molecule is CC(C)(C)[NH-].CC1=[C-]c2cc3sc(Br)cc3c(C)c2C1.C[Si]C.[Cl][Zr+2][Cl]. The van der Waals surface area contributed by atoms with E-state index in [4.69, 9.17) is 22.8 Å². The number of rotatable bonds is 0. The van der Waals surface area contributed by atoms with Crippen LogP contribution in [0.4, 0.5) is 0 Å². The van der Waals surface area contributed by atoms with Gasteiger partial charge in [0.25, 0.3) is 0 Å². The zero-order valence-corrected chi connectivity index (χ0v) is 23.8. The molecule has 1 N–H and O–H groups in total. The third-order valence-electron chi connectivity index (χ3n) is 2.98. The summed E-state index contributed by atoms with van der Waals surface area (Å²) in [7, 11) is 11.0. The first kappa shape index (κ1) is 27.0. The molecule has 1 aromatic heterocycles. The van der Waals surface area contributed by atoms with Gasteiger partial charge in [-0.15, -0.1) is 34.1 Å². The minimum absolute atomic E-state index is 0.250. The van der Waals surface area contributed by atoms with Gasteiger partial charge in [-0.25, -0.2) is 0 Å². The predicted octanol–water partition coefficient (Wildman–Crippen LogP) is 8.63. The van der Waals surface area contributed by atoms with Crippen LogP contribution in [0.25, 0.3) is 15.8 Å². The normalized spacial score (nSPS) is 11.7. The first-order valence-electron chi connectivity index (χ1n) is 8.09. The van der Waals surface area contributed by atoms with Crippen LogP contribution in [0.15, 0.2) is 21.5 Å². The maximum atomic E-state index is 6.94. The Bertz CT molecular complexity index is 718. The molecule has 0 spiro atoms. The van der Waals surface area contributed by atoms with E-state index in [9.17, 15) is 0 Å². The molecule has 1 aliphatic rings. The summed E-state index contributed by atoms with van der Waals surface area (Å²) in [5.41, 5.74) is 12.2. The van der Waals surface area contributed by atoms with Crippen LogP contribution >= 0.6 is 44.3 Å². The molecular formula is C19H26BrCl2NSSiZr. The molecule has 0 bridgehead atoms. The monoisotopic (exact) mass is 567 g/mol. The molecule has 26 heavy (non-hydrogen) atoms. The number of benzene rings is 1. The van der Waals surface area contributed by atoms with Crippen molar-refractivity contribution in [2.45, 2.75) is 59.7 Å². The Morgan fingerprint density at radius 1 is 1.23 bits per heavy atom. The van der Waals surface area contributed by atoms with Gasteiger partial charge in [0.05, 0.1) is 3.79 Å². The molecule has 0 saturated carbocycles. The summed E-state index contributed by atoms with van der Waals surface area (Å²) in [5, 5.41) is 1.39. The van der Waals surface area contributed by atoms with Crippen molar-refractivity contribution in [3.8, 4) is 0 Å². The molecule has 2 radical (unpaired) electrons. The van der Waals surface area contributed by atoms with E-state index in [0.717, 1.165) is 15.9 Å². The number of thiophene rings is 1. The van der Waals surface area contributed by atoms with Gasteiger partial charge in [0, 0.05) is 9.52 Å². The van der Waals surface area contributed by atoms with Gasteiger partial charge < -0.3 is 5.73 Å². The number of hydrogen-bond donors (Lipinski definition) is 0. The molecule has 142 valence electrons. The van der Waals surface area contributed by atoms with E-state index in [2.05, 4.69) is 61.1 Å². The van der Waals surface area contributed by atoms with Crippen molar-refractivity contribution in [1.29, 1.82) is 0 Å². The maximum absolute atomic E-state index is 6.94. The van der Waals surface area contributed by atoms with Crippen LogP contribution < -0.4 is 0 Å². The van der Waals surface area contributed by atoms with Crippen molar-refractivity contribution in [3.63, 3.8) is 0 Å². The summed E-state index contributed by atoms with van der Waals surface area (Å²) in [5.74, 6) is 0. The molecule has 7 heteroatoms. The van der Waals surface area contributed by atoms with Gasteiger partial charge in [-0.2, -0.15) is 11.6 Å². The molecule has 2 aromatic rings. The van der Waals surface area contributed by atoms with Gasteiger partial charge in [-0.1, -0.05) is 59.7 Å². The number of allylic oxidation sites excluding steroid dienone is 1. The summed E-state index contributed by atoms with van der Waals surface area (Å²) < 4.78 is 2.57. The van der Waals surface area contributed by atoms with Crippen LogP contribution in [0.3, 0.4) is 0 Å². The second kappa shape index (κ2) is 13.3. The van der Waals surface area contributed by atoms with Gasteiger partial charge in [0.1, 0.15) is 0 Å². The van der Waals surface area contributed by atoms with E-state index in [1.54, 1.807) is 11.3 Å². The molecular weight excluding hydrogens is 544 g/mol. The Balaban J connectivity index is 0.000000477. The Hall–Kier alpha value is 1.04. The molecule has 1 aromatic carbocycles. The molecule has 1 nitrogen and oxygen atoms in total. The van der Waals surface area contributed by atoms with Crippen LogP contribution in [-0.4, -0.2) is 15.1 Å². The predicted molar refractivity (Wildman–Crippen MR) is 123 cm³/mol. The van der Waals surface area contributed by atoms with Crippen molar-refractivity contribution >= 4 is 63.9 Å². The molecule has 0 atom stereocenters. The van der Waals surface area contributed by atoms with E-state index in [-0.39, 0.29) is 5.54 Å². The summed E-state index contributed by atoms with van der Waals surface area (Å²) >= 11 is 4.53. The summed E-state index contributed by atoms with van der Waals surface area (Å²) in [6.45, 7) is 14.2. The molecule has 0 fully saturated rings. The van der Waals surface area contributed by atoms with Crippen molar-refractivity contribution in [2.75, 3.05) is 0 Å². The molecule has 0 amide bonds. The molecule has 1 aliphatic carbocycles. The Morgan fingerprint density at radius 3 is 2.15 bits per heavy atom. The first-order chi connectivity index (χ1) is 12.0. The van der Waals surface area contributed by atoms with Crippen molar-refractivity contribution in [1.82, 2.24) is 0 Å². The van der Waals surface area contributed by atoms with Crippen LogP contribution in [0, 0.1) is 13.0 Å². The van der Waals surface area contributed by atoms with Gasteiger partial charge >= 0.3 is 37.9 Å². The fourth-order valence-corrected chi connectivity index (χ4v) is 3.87. The fourth-order valence-electron chi connectivity index (χ4n) is 2.24. The van der Waals surface area contributed by atoms with Crippen molar-refractivity contribution in [2.24, 2.45) is 0 Å². The first-order valence-corrected chi connectivity index (χ1v) is 18.0. The Kier molecular flexibility index (Phi) is 13.8. The molecule has 0 aliphatic heterocycles. The summed E-state index contributed by atoms with van der Waals surface area (Å²) in [6, 6.07) is 4.49. The van der Waals surface area contributed by atoms with E-state index in [1.807, 2.05) is 20.8 Å². The van der Waals surface area contributed by atoms with E-state index in [0.29, 0.717) is 0 Å². The van der Waals surface area contributed by atoms with Gasteiger partial charge in [-0.3, -0.25) is 0 Å². The van der Waals surface area contributed by atoms with Crippen LogP contribution in [-0.2, 0) is 27.3 Å². The Morgan fingerprint density at radius 2 is 1.69 bits per heavy atom. The second-order valence-corrected chi connectivity index (χ2v) is 14.1. The van der Waals surface area contributed by atoms with Crippen LogP contribution in [0.2, 0.25) is 13.1 Å². The standard InChI is InChI=1S/C13H10BrS.C4H10N.C2H6Si.2ClH.Zr/c1-7-3-9-5-12-11(6-13(14)15-12)8(2)10(9)4-7;1-4(2,3)5;1-3-2;;;/h5-6H,4H2,1-2H3;5H,1-3H3;1-2H3;2*1H;/q2*-1;;;;+4/p-2. The number of nitrogens with one attached hydrogen (secondary N) is 1. The van der Waals surface area contributed by atoms with Gasteiger partial charge in [0.15, 0.2) is 0 Å². The van der Waals surface area contributed by atoms with Gasteiger partial charge in [-0.05, 0) is 32.1 Å². The zero-order valence-electron chi connectivity index (χ0n) is 16.4. The van der Waals surface area contributed by atoms with E-state index in [1.165, 1.54) is 36.1 Å². The van der Waals surface area contributed by atoms with E-state index < -0.39 is 20.8 Å². The fraction of sp³-hybridized carbons (Fsp3) is 0.474. The topological polar surface area (TPSA) is 23.8 Å². The summed E-state index contributed by atoms with van der Waals surface area (Å²) in [6.07, 6.45) is 4.52. The van der Waals surface area contributed by atoms with Gasteiger partial charge in [0.2, 0.25) is 0 Å². The average Bonchev–Trinajstić information content (AvgIpc) is 3.01. The molecule has 0 saturated heterocycles. The number of hydrogen-bond acceptors (Lipinski definition) is 1. The molecule has 3 rings (SSSR count). The molecule has 0 unspecified atom stereocenters. The average molecular weight is 571 g/mol. The number of aryl methyl sites for hydroxylation is 1. The Labute approximate surface area is 192 Å². The third-order valence-corrected chi connectivity index (χ3v) is 4.56. The number of halogens is 3. The third kappa shape index (κ3) is 10.5.